The van der Waals surface area contributed by atoms with Gasteiger partial charge in [0.1, 0.15) is 5.76 Å². The molecule has 1 N–H and O–H groups in total. The van der Waals surface area contributed by atoms with Crippen LogP contribution in [0.1, 0.15) is 39.4 Å². The number of carbonyl (C=O) groups excluding carboxylic acids is 1. The summed E-state index contributed by atoms with van der Waals surface area (Å²) >= 11 is 0. The van der Waals surface area contributed by atoms with E-state index in [0.717, 1.165) is 31.7 Å². The van der Waals surface area contributed by atoms with Crippen LogP contribution in [0.2, 0.25) is 0 Å². The quantitative estimate of drug-likeness (QED) is 0.900. The van der Waals surface area contributed by atoms with Gasteiger partial charge in [-0.1, -0.05) is 13.8 Å². The number of furan rings is 1. The van der Waals surface area contributed by atoms with Gasteiger partial charge in [-0.3, -0.25) is 4.79 Å². The third-order valence-electron chi connectivity index (χ3n) is 4.46. The van der Waals surface area contributed by atoms with Crippen LogP contribution in [0.3, 0.4) is 0 Å². The zero-order valence-corrected chi connectivity index (χ0v) is 12.8. The lowest BCUT2D eigenvalue weighted by Gasteiger charge is -2.39. The third-order valence-corrected chi connectivity index (χ3v) is 4.46. The maximum absolute atomic E-state index is 12.9. The molecule has 0 aliphatic carbocycles. The zero-order valence-electron chi connectivity index (χ0n) is 12.8. The summed E-state index contributed by atoms with van der Waals surface area (Å²) in [6, 6.07) is 3.79. The highest BCUT2D eigenvalue weighted by Crippen LogP contribution is 2.34. The van der Waals surface area contributed by atoms with Crippen molar-refractivity contribution in [3.05, 3.63) is 24.2 Å². The lowest BCUT2D eigenvalue weighted by Crippen LogP contribution is -2.48. The topological polar surface area (TPSA) is 45.5 Å². The van der Waals surface area contributed by atoms with Crippen molar-refractivity contribution in [2.75, 3.05) is 19.6 Å². The van der Waals surface area contributed by atoms with Crippen LogP contribution in [0.4, 0.5) is 0 Å². The number of piperidine rings is 1. The summed E-state index contributed by atoms with van der Waals surface area (Å²) < 4.78 is 5.37. The van der Waals surface area contributed by atoms with Gasteiger partial charge in [0.15, 0.2) is 0 Å². The van der Waals surface area contributed by atoms with E-state index in [0.29, 0.717) is 19.0 Å². The largest absolute Gasteiger partial charge is 0.467 e. The van der Waals surface area contributed by atoms with Crippen molar-refractivity contribution in [3.63, 3.8) is 0 Å². The van der Waals surface area contributed by atoms with E-state index in [2.05, 4.69) is 19.2 Å². The van der Waals surface area contributed by atoms with E-state index in [1.54, 1.807) is 6.26 Å². The first kappa shape index (κ1) is 15.1. The molecule has 1 aromatic heterocycles. The Morgan fingerprint density at radius 2 is 2.35 bits per heavy atom. The first-order valence-corrected chi connectivity index (χ1v) is 7.58. The SMILES string of the molecule is CCN(Cc1ccco1)C(=O)C(C)(C)C1CCCNC1. The molecule has 1 saturated heterocycles. The third kappa shape index (κ3) is 3.23. The first-order chi connectivity index (χ1) is 9.55. The van der Waals surface area contributed by atoms with E-state index in [9.17, 15) is 4.79 Å². The molecule has 1 amide bonds. The van der Waals surface area contributed by atoms with E-state index < -0.39 is 0 Å². The van der Waals surface area contributed by atoms with Gasteiger partial charge in [-0.2, -0.15) is 0 Å². The maximum Gasteiger partial charge on any atom is 0.228 e. The minimum absolute atomic E-state index is 0.227. The average molecular weight is 278 g/mol. The molecule has 0 spiro atoms. The predicted molar refractivity (Wildman–Crippen MR) is 79.2 cm³/mol. The lowest BCUT2D eigenvalue weighted by molar-refractivity contribution is -0.144. The monoisotopic (exact) mass is 278 g/mol. The summed E-state index contributed by atoms with van der Waals surface area (Å²) in [5, 5.41) is 3.41. The van der Waals surface area contributed by atoms with Crippen molar-refractivity contribution < 1.29 is 9.21 Å². The molecule has 1 atom stereocenters. The van der Waals surface area contributed by atoms with Crippen molar-refractivity contribution >= 4 is 5.91 Å². The molecular formula is C16H26N2O2. The fourth-order valence-corrected chi connectivity index (χ4v) is 2.97. The molecule has 0 radical (unpaired) electrons. The highest BCUT2D eigenvalue weighted by atomic mass is 16.3. The van der Waals surface area contributed by atoms with Crippen LogP contribution in [-0.2, 0) is 11.3 Å². The van der Waals surface area contributed by atoms with E-state index in [1.807, 2.05) is 24.0 Å². The van der Waals surface area contributed by atoms with Crippen LogP contribution in [0.25, 0.3) is 0 Å². The molecule has 0 saturated carbocycles. The molecule has 1 aliphatic rings. The Bertz CT molecular complexity index is 420. The number of nitrogens with one attached hydrogen (secondary N) is 1. The first-order valence-electron chi connectivity index (χ1n) is 7.58. The van der Waals surface area contributed by atoms with Crippen molar-refractivity contribution in [2.24, 2.45) is 11.3 Å². The Labute approximate surface area is 121 Å². The van der Waals surface area contributed by atoms with Crippen LogP contribution in [0.15, 0.2) is 22.8 Å². The zero-order chi connectivity index (χ0) is 14.6. The minimum Gasteiger partial charge on any atom is -0.467 e. The maximum atomic E-state index is 12.9. The second-order valence-electron chi connectivity index (χ2n) is 6.16. The minimum atomic E-state index is -0.323. The molecule has 0 aromatic carbocycles. The van der Waals surface area contributed by atoms with Crippen molar-refractivity contribution in [3.8, 4) is 0 Å². The van der Waals surface area contributed by atoms with E-state index in [4.69, 9.17) is 4.42 Å². The Kier molecular flexibility index (Phi) is 4.86. The van der Waals surface area contributed by atoms with Gasteiger partial charge in [0.25, 0.3) is 0 Å². The van der Waals surface area contributed by atoms with Crippen LogP contribution in [0, 0.1) is 11.3 Å². The molecule has 1 aliphatic heterocycles. The lowest BCUT2D eigenvalue weighted by atomic mass is 9.74. The molecule has 112 valence electrons. The summed E-state index contributed by atoms with van der Waals surface area (Å²) in [6.07, 6.45) is 3.94. The highest BCUT2D eigenvalue weighted by molar-refractivity contribution is 5.82. The molecule has 4 nitrogen and oxygen atoms in total. The summed E-state index contributed by atoms with van der Waals surface area (Å²) in [5.41, 5.74) is -0.323. The molecule has 4 heteroatoms. The molecule has 2 heterocycles. The Morgan fingerprint density at radius 1 is 1.55 bits per heavy atom. The van der Waals surface area contributed by atoms with Crippen LogP contribution in [-0.4, -0.2) is 30.4 Å². The number of hydrogen-bond acceptors (Lipinski definition) is 3. The number of amides is 1. The second kappa shape index (κ2) is 6.44. The van der Waals surface area contributed by atoms with Crippen LogP contribution in [0.5, 0.6) is 0 Å². The normalized spacial score (nSPS) is 19.9. The Hall–Kier alpha value is -1.29. The Balaban J connectivity index is 2.05. The van der Waals surface area contributed by atoms with Gasteiger partial charge in [-0.15, -0.1) is 0 Å². The van der Waals surface area contributed by atoms with Gasteiger partial charge >= 0.3 is 0 Å². The fraction of sp³-hybridized carbons (Fsp3) is 0.688. The smallest absolute Gasteiger partial charge is 0.228 e. The summed E-state index contributed by atoms with van der Waals surface area (Å²) in [4.78, 5) is 14.8. The summed E-state index contributed by atoms with van der Waals surface area (Å²) in [7, 11) is 0. The fourth-order valence-electron chi connectivity index (χ4n) is 2.97. The molecule has 1 aromatic rings. The predicted octanol–water partition coefficient (Wildman–Crippen LogP) is 2.65. The van der Waals surface area contributed by atoms with Crippen molar-refractivity contribution in [1.29, 1.82) is 0 Å². The van der Waals surface area contributed by atoms with Crippen LogP contribution < -0.4 is 5.32 Å². The summed E-state index contributed by atoms with van der Waals surface area (Å²) in [6.45, 7) is 9.47. The average Bonchev–Trinajstić information content (AvgIpc) is 2.98. The van der Waals surface area contributed by atoms with Crippen molar-refractivity contribution in [2.45, 2.75) is 40.2 Å². The second-order valence-corrected chi connectivity index (χ2v) is 6.16. The van der Waals surface area contributed by atoms with Crippen LogP contribution >= 0.6 is 0 Å². The van der Waals surface area contributed by atoms with E-state index in [-0.39, 0.29) is 11.3 Å². The van der Waals surface area contributed by atoms with Gasteiger partial charge in [0, 0.05) is 12.0 Å². The number of hydrogen-bond donors (Lipinski definition) is 1. The van der Waals surface area contributed by atoms with E-state index >= 15 is 0 Å². The number of nitrogens with zero attached hydrogens (tertiary/aromatic N) is 1. The van der Waals surface area contributed by atoms with Crippen molar-refractivity contribution in [1.82, 2.24) is 10.2 Å². The Morgan fingerprint density at radius 3 is 2.90 bits per heavy atom. The molecule has 1 unspecified atom stereocenters. The molecule has 0 bridgehead atoms. The number of carbonyl (C=O) groups is 1. The standard InChI is InChI=1S/C16H26N2O2/c1-4-18(12-14-8-6-10-20-14)15(19)16(2,3)13-7-5-9-17-11-13/h6,8,10,13,17H,4-5,7,9,11-12H2,1-3H3. The van der Waals surface area contributed by atoms with Gasteiger partial charge in [0.05, 0.1) is 12.8 Å². The van der Waals surface area contributed by atoms with Gasteiger partial charge in [-0.05, 0) is 50.9 Å². The molecule has 1 fully saturated rings. The van der Waals surface area contributed by atoms with Gasteiger partial charge in [0.2, 0.25) is 5.91 Å². The highest BCUT2D eigenvalue weighted by Gasteiger charge is 2.39. The summed E-state index contributed by atoms with van der Waals surface area (Å²) in [5.74, 6) is 1.48. The molecule has 20 heavy (non-hydrogen) atoms. The number of rotatable bonds is 5. The molecule has 2 rings (SSSR count). The van der Waals surface area contributed by atoms with E-state index in [1.165, 1.54) is 0 Å². The molecular weight excluding hydrogens is 252 g/mol. The van der Waals surface area contributed by atoms with Gasteiger partial charge in [-0.25, -0.2) is 0 Å². The van der Waals surface area contributed by atoms with Gasteiger partial charge < -0.3 is 14.6 Å².